The maximum atomic E-state index is 5.91. The van der Waals surface area contributed by atoms with Crippen molar-refractivity contribution in [3.05, 3.63) is 17.2 Å². The van der Waals surface area contributed by atoms with Gasteiger partial charge in [0.05, 0.1) is 12.7 Å². The molecule has 4 nitrogen and oxygen atoms in total. The van der Waals surface area contributed by atoms with Gasteiger partial charge in [0, 0.05) is 20.3 Å². The number of ether oxygens (including phenoxy) is 1. The van der Waals surface area contributed by atoms with E-state index in [1.807, 2.05) is 11.6 Å². The Morgan fingerprint density at radius 2 is 2.31 bits per heavy atom. The second-order valence-electron chi connectivity index (χ2n) is 4.24. The van der Waals surface area contributed by atoms with Crippen LogP contribution in [0.1, 0.15) is 18.7 Å². The number of halogens is 1. The number of hydrogen-bond donors (Lipinski definition) is 1. The molecule has 16 heavy (non-hydrogen) atoms. The van der Waals surface area contributed by atoms with Gasteiger partial charge in [-0.1, -0.05) is 11.6 Å². The van der Waals surface area contributed by atoms with E-state index in [0.717, 1.165) is 50.9 Å². The third-order valence-electron chi connectivity index (χ3n) is 3.08. The van der Waals surface area contributed by atoms with Gasteiger partial charge in [-0.15, -0.1) is 0 Å². The average molecular weight is 244 g/mol. The molecular formula is C11H18ClN3O. The Labute approximate surface area is 101 Å². The molecule has 1 saturated heterocycles. The quantitative estimate of drug-likeness (QED) is 0.873. The number of nitrogens with one attached hydrogen (secondary N) is 1. The van der Waals surface area contributed by atoms with Crippen molar-refractivity contribution in [2.24, 2.45) is 13.0 Å². The maximum absolute atomic E-state index is 5.91. The van der Waals surface area contributed by atoms with Gasteiger partial charge in [-0.25, -0.2) is 4.98 Å². The van der Waals surface area contributed by atoms with Gasteiger partial charge in [0.15, 0.2) is 0 Å². The van der Waals surface area contributed by atoms with Crippen LogP contribution in [0.25, 0.3) is 0 Å². The highest BCUT2D eigenvalue weighted by Gasteiger charge is 2.13. The van der Waals surface area contributed by atoms with Crippen LogP contribution < -0.4 is 5.32 Å². The molecule has 0 saturated carbocycles. The monoisotopic (exact) mass is 243 g/mol. The van der Waals surface area contributed by atoms with Crippen LogP contribution in [0, 0.1) is 5.92 Å². The largest absolute Gasteiger partial charge is 0.381 e. The lowest BCUT2D eigenvalue weighted by Crippen LogP contribution is -2.28. The molecule has 0 radical (unpaired) electrons. The first kappa shape index (κ1) is 11.9. The standard InChI is InChI=1S/C11H18ClN3O/c1-15-10(12)7-14-11(15)8-13-6-9-2-4-16-5-3-9/h7,9,13H,2-6,8H2,1H3. The van der Waals surface area contributed by atoms with Gasteiger partial charge >= 0.3 is 0 Å². The van der Waals surface area contributed by atoms with Gasteiger partial charge in [0.25, 0.3) is 0 Å². The van der Waals surface area contributed by atoms with Gasteiger partial charge in [0.1, 0.15) is 11.0 Å². The molecule has 1 aromatic heterocycles. The number of hydrogen-bond acceptors (Lipinski definition) is 3. The summed E-state index contributed by atoms with van der Waals surface area (Å²) in [6, 6.07) is 0. The molecule has 90 valence electrons. The van der Waals surface area contributed by atoms with Crippen LogP contribution in [0.4, 0.5) is 0 Å². The Kier molecular flexibility index (Phi) is 4.21. The summed E-state index contributed by atoms with van der Waals surface area (Å²) in [4.78, 5) is 4.24. The highest BCUT2D eigenvalue weighted by Crippen LogP contribution is 2.13. The van der Waals surface area contributed by atoms with Crippen molar-refractivity contribution < 1.29 is 4.74 Å². The third-order valence-corrected chi connectivity index (χ3v) is 3.44. The summed E-state index contributed by atoms with van der Waals surface area (Å²) in [5.74, 6) is 1.72. The van der Waals surface area contributed by atoms with E-state index in [0.29, 0.717) is 5.15 Å². The molecule has 0 aliphatic carbocycles. The van der Waals surface area contributed by atoms with Crippen LogP contribution in [-0.4, -0.2) is 29.3 Å². The first-order valence-electron chi connectivity index (χ1n) is 5.72. The summed E-state index contributed by atoms with van der Waals surface area (Å²) in [6.07, 6.45) is 4.01. The van der Waals surface area contributed by atoms with Crippen molar-refractivity contribution in [2.45, 2.75) is 19.4 Å². The molecule has 2 rings (SSSR count). The van der Waals surface area contributed by atoms with Crippen molar-refractivity contribution >= 4 is 11.6 Å². The van der Waals surface area contributed by atoms with Crippen LogP contribution in [0.3, 0.4) is 0 Å². The molecular weight excluding hydrogens is 226 g/mol. The first-order valence-corrected chi connectivity index (χ1v) is 6.09. The predicted molar refractivity (Wildman–Crippen MR) is 63.5 cm³/mol. The Balaban J connectivity index is 1.73. The fourth-order valence-electron chi connectivity index (χ4n) is 1.93. The van der Waals surface area contributed by atoms with E-state index in [9.17, 15) is 0 Å². The topological polar surface area (TPSA) is 39.1 Å². The van der Waals surface area contributed by atoms with E-state index < -0.39 is 0 Å². The molecule has 1 aromatic rings. The molecule has 5 heteroatoms. The van der Waals surface area contributed by atoms with Crippen LogP contribution >= 0.6 is 11.6 Å². The van der Waals surface area contributed by atoms with Crippen LogP contribution in [-0.2, 0) is 18.3 Å². The molecule has 1 fully saturated rings. The molecule has 0 atom stereocenters. The van der Waals surface area contributed by atoms with Crippen molar-refractivity contribution in [2.75, 3.05) is 19.8 Å². The average Bonchev–Trinajstić information content (AvgIpc) is 2.62. The van der Waals surface area contributed by atoms with E-state index >= 15 is 0 Å². The second-order valence-corrected chi connectivity index (χ2v) is 4.63. The summed E-state index contributed by atoms with van der Waals surface area (Å²) >= 11 is 5.91. The van der Waals surface area contributed by atoms with Crippen molar-refractivity contribution in [3.8, 4) is 0 Å². The highest BCUT2D eigenvalue weighted by atomic mass is 35.5. The fourth-order valence-corrected chi connectivity index (χ4v) is 2.07. The molecule has 0 unspecified atom stereocenters. The predicted octanol–water partition coefficient (Wildman–Crippen LogP) is 1.59. The summed E-state index contributed by atoms with van der Waals surface area (Å²) in [5.41, 5.74) is 0. The molecule has 0 amide bonds. The van der Waals surface area contributed by atoms with E-state index in [-0.39, 0.29) is 0 Å². The minimum atomic E-state index is 0.683. The number of imidazole rings is 1. The first-order chi connectivity index (χ1) is 7.77. The molecule has 1 aliphatic heterocycles. The Morgan fingerprint density at radius 3 is 2.94 bits per heavy atom. The molecule has 0 aromatic carbocycles. The fraction of sp³-hybridized carbons (Fsp3) is 0.727. The molecule has 1 N–H and O–H groups in total. The van der Waals surface area contributed by atoms with Gasteiger partial charge < -0.3 is 14.6 Å². The smallest absolute Gasteiger partial charge is 0.128 e. The van der Waals surface area contributed by atoms with Gasteiger partial charge in [-0.2, -0.15) is 0 Å². The third kappa shape index (κ3) is 2.97. The van der Waals surface area contributed by atoms with E-state index in [2.05, 4.69) is 10.3 Å². The SMILES string of the molecule is Cn1c(Cl)cnc1CNCC1CCOCC1. The second kappa shape index (κ2) is 5.66. The maximum Gasteiger partial charge on any atom is 0.128 e. The normalized spacial score (nSPS) is 17.9. The molecule has 0 spiro atoms. The summed E-state index contributed by atoms with van der Waals surface area (Å²) in [6.45, 7) is 3.62. The van der Waals surface area contributed by atoms with E-state index in [1.165, 1.54) is 0 Å². The number of nitrogens with zero attached hydrogens (tertiary/aromatic N) is 2. The minimum absolute atomic E-state index is 0.683. The summed E-state index contributed by atoms with van der Waals surface area (Å²) < 4.78 is 7.23. The zero-order chi connectivity index (χ0) is 11.4. The molecule has 0 bridgehead atoms. The van der Waals surface area contributed by atoms with Crippen molar-refractivity contribution in [1.29, 1.82) is 0 Å². The van der Waals surface area contributed by atoms with Gasteiger partial charge in [-0.05, 0) is 25.3 Å². The van der Waals surface area contributed by atoms with Gasteiger partial charge in [-0.3, -0.25) is 0 Å². The van der Waals surface area contributed by atoms with Crippen LogP contribution in [0.2, 0.25) is 5.15 Å². The van der Waals surface area contributed by atoms with Crippen molar-refractivity contribution in [3.63, 3.8) is 0 Å². The van der Waals surface area contributed by atoms with Gasteiger partial charge in [0.2, 0.25) is 0 Å². The zero-order valence-electron chi connectivity index (χ0n) is 9.58. The van der Waals surface area contributed by atoms with Crippen molar-refractivity contribution in [1.82, 2.24) is 14.9 Å². The van der Waals surface area contributed by atoms with Crippen LogP contribution in [0.15, 0.2) is 6.20 Å². The number of aromatic nitrogens is 2. The zero-order valence-corrected chi connectivity index (χ0v) is 10.3. The lowest BCUT2D eigenvalue weighted by atomic mass is 10.0. The van der Waals surface area contributed by atoms with E-state index in [1.54, 1.807) is 6.20 Å². The Hall–Kier alpha value is -0.580. The number of rotatable bonds is 4. The highest BCUT2D eigenvalue weighted by molar-refractivity contribution is 6.29. The van der Waals surface area contributed by atoms with Crippen LogP contribution in [0.5, 0.6) is 0 Å². The summed E-state index contributed by atoms with van der Waals surface area (Å²) in [7, 11) is 1.93. The molecule has 1 aliphatic rings. The lowest BCUT2D eigenvalue weighted by molar-refractivity contribution is 0.0662. The molecule has 2 heterocycles. The van der Waals surface area contributed by atoms with E-state index in [4.69, 9.17) is 16.3 Å². The Morgan fingerprint density at radius 1 is 1.56 bits per heavy atom. The Bertz CT molecular complexity index is 334. The summed E-state index contributed by atoms with van der Waals surface area (Å²) in [5, 5.41) is 4.11. The lowest BCUT2D eigenvalue weighted by Gasteiger charge is -2.22. The minimum Gasteiger partial charge on any atom is -0.381 e.